The number of benzene rings is 2. The van der Waals surface area contributed by atoms with Crippen LogP contribution in [-0.4, -0.2) is 38.2 Å². The average Bonchev–Trinajstić information content (AvgIpc) is 3.32. The van der Waals surface area contributed by atoms with E-state index in [-0.39, 0.29) is 25.3 Å². The summed E-state index contributed by atoms with van der Waals surface area (Å²) in [5, 5.41) is 9.69. The Morgan fingerprint density at radius 1 is 1.15 bits per heavy atom. The van der Waals surface area contributed by atoms with E-state index in [1.54, 1.807) is 4.90 Å². The highest BCUT2D eigenvalue weighted by Gasteiger charge is 2.31. The minimum Gasteiger partial charge on any atom is -0.445 e. The van der Waals surface area contributed by atoms with Gasteiger partial charge in [0.15, 0.2) is 0 Å². The lowest BCUT2D eigenvalue weighted by Crippen LogP contribution is -2.38. The second-order valence-corrected chi connectivity index (χ2v) is 6.82. The van der Waals surface area contributed by atoms with Crippen molar-refractivity contribution in [3.8, 4) is 0 Å². The maximum absolute atomic E-state index is 12.6. The van der Waals surface area contributed by atoms with E-state index in [1.165, 1.54) is 0 Å². The van der Waals surface area contributed by atoms with Crippen LogP contribution in [0.25, 0.3) is 11.0 Å². The van der Waals surface area contributed by atoms with Gasteiger partial charge in [-0.2, -0.15) is 0 Å². The molecule has 1 N–H and O–H groups in total. The molecule has 0 aliphatic carbocycles. The Balaban J connectivity index is 1.48. The molecule has 2 aromatic carbocycles. The molecule has 0 unspecified atom stereocenters. The number of aliphatic hydroxyl groups excluding tert-OH is 1. The molecule has 6 nitrogen and oxygen atoms in total. The van der Waals surface area contributed by atoms with Crippen LogP contribution in [0.5, 0.6) is 0 Å². The number of aliphatic hydroxyl groups is 1. The van der Waals surface area contributed by atoms with Crippen molar-refractivity contribution in [3.63, 3.8) is 0 Å². The normalized spacial score (nSPS) is 16.8. The largest absolute Gasteiger partial charge is 0.445 e. The van der Waals surface area contributed by atoms with Gasteiger partial charge in [-0.25, -0.2) is 9.78 Å². The van der Waals surface area contributed by atoms with E-state index in [4.69, 9.17) is 4.74 Å². The molecular formula is C21H23N3O3. The summed E-state index contributed by atoms with van der Waals surface area (Å²) in [6.45, 7) is 1.45. The van der Waals surface area contributed by atoms with Crippen LogP contribution in [0.4, 0.5) is 4.79 Å². The smallest absolute Gasteiger partial charge is 0.410 e. The van der Waals surface area contributed by atoms with Crippen molar-refractivity contribution in [2.45, 2.75) is 38.6 Å². The predicted molar refractivity (Wildman–Crippen MR) is 102 cm³/mol. The first-order valence-corrected chi connectivity index (χ1v) is 9.28. The number of ether oxygens (including phenoxy) is 1. The van der Waals surface area contributed by atoms with Gasteiger partial charge in [-0.1, -0.05) is 42.5 Å². The van der Waals surface area contributed by atoms with Gasteiger partial charge in [-0.15, -0.1) is 0 Å². The topological polar surface area (TPSA) is 67.6 Å². The number of carbonyl (C=O) groups excluding carboxylic acids is 1. The van der Waals surface area contributed by atoms with Gasteiger partial charge in [0.2, 0.25) is 0 Å². The second kappa shape index (κ2) is 7.80. The number of rotatable bonds is 5. The number of carbonyl (C=O) groups is 1. The molecule has 1 saturated heterocycles. The highest BCUT2D eigenvalue weighted by Crippen LogP contribution is 2.24. The molecule has 1 aliphatic heterocycles. The molecule has 0 radical (unpaired) electrons. The highest BCUT2D eigenvalue weighted by molar-refractivity contribution is 5.76. The summed E-state index contributed by atoms with van der Waals surface area (Å²) in [5.74, 6) is 0.626. The number of nitrogens with zero attached hydrogens (tertiary/aromatic N) is 3. The average molecular weight is 365 g/mol. The van der Waals surface area contributed by atoms with Crippen molar-refractivity contribution in [1.29, 1.82) is 0 Å². The quantitative estimate of drug-likeness (QED) is 0.753. The number of aromatic nitrogens is 2. The Morgan fingerprint density at radius 2 is 1.93 bits per heavy atom. The maximum Gasteiger partial charge on any atom is 0.410 e. The fourth-order valence-corrected chi connectivity index (χ4v) is 3.73. The number of hydrogen-bond donors (Lipinski definition) is 1. The van der Waals surface area contributed by atoms with Crippen LogP contribution in [0.15, 0.2) is 54.6 Å². The van der Waals surface area contributed by atoms with Gasteiger partial charge >= 0.3 is 6.09 Å². The molecule has 0 spiro atoms. The predicted octanol–water partition coefficient (Wildman–Crippen LogP) is 3.33. The summed E-state index contributed by atoms with van der Waals surface area (Å²) < 4.78 is 7.53. The van der Waals surface area contributed by atoms with Gasteiger partial charge in [0.1, 0.15) is 19.0 Å². The van der Waals surface area contributed by atoms with Gasteiger partial charge in [-0.3, -0.25) is 0 Å². The zero-order chi connectivity index (χ0) is 18.6. The van der Waals surface area contributed by atoms with Crippen LogP contribution >= 0.6 is 0 Å². The third kappa shape index (κ3) is 3.66. The molecule has 1 fully saturated rings. The molecule has 27 heavy (non-hydrogen) atoms. The van der Waals surface area contributed by atoms with Gasteiger partial charge in [0.25, 0.3) is 0 Å². The third-order valence-electron chi connectivity index (χ3n) is 5.09. The second-order valence-electron chi connectivity index (χ2n) is 6.82. The lowest BCUT2D eigenvalue weighted by Gasteiger charge is -2.25. The molecule has 140 valence electrons. The minimum atomic E-state index is -0.281. The third-order valence-corrected chi connectivity index (χ3v) is 5.09. The first-order valence-electron chi connectivity index (χ1n) is 9.28. The van der Waals surface area contributed by atoms with E-state index in [2.05, 4.69) is 4.98 Å². The Kier molecular flexibility index (Phi) is 5.07. The molecule has 0 saturated carbocycles. The Labute approximate surface area is 158 Å². The Bertz CT molecular complexity index is 923. The minimum absolute atomic E-state index is 0.0381. The zero-order valence-corrected chi connectivity index (χ0v) is 15.1. The van der Waals surface area contributed by atoms with E-state index in [1.807, 2.05) is 59.2 Å². The zero-order valence-electron chi connectivity index (χ0n) is 15.1. The van der Waals surface area contributed by atoms with Crippen molar-refractivity contribution in [3.05, 3.63) is 66.0 Å². The number of hydrogen-bond acceptors (Lipinski definition) is 4. The maximum atomic E-state index is 12.6. The summed E-state index contributed by atoms with van der Waals surface area (Å²) in [5.41, 5.74) is 2.81. The number of fused-ring (bicyclic) bond motifs is 1. The van der Waals surface area contributed by atoms with E-state index in [9.17, 15) is 9.90 Å². The number of para-hydroxylation sites is 2. The lowest BCUT2D eigenvalue weighted by atomic mass is 10.2. The fraction of sp³-hybridized carbons (Fsp3) is 0.333. The first-order chi connectivity index (χ1) is 13.3. The summed E-state index contributed by atoms with van der Waals surface area (Å²) >= 11 is 0. The van der Waals surface area contributed by atoms with Gasteiger partial charge < -0.3 is 19.3 Å². The summed E-state index contributed by atoms with van der Waals surface area (Å²) in [6, 6.07) is 17.6. The summed E-state index contributed by atoms with van der Waals surface area (Å²) in [7, 11) is 0. The van der Waals surface area contributed by atoms with Crippen molar-refractivity contribution in [2.24, 2.45) is 0 Å². The summed E-state index contributed by atoms with van der Waals surface area (Å²) in [6.07, 6.45) is 1.58. The lowest BCUT2D eigenvalue weighted by molar-refractivity contribution is 0.0893. The van der Waals surface area contributed by atoms with Crippen LogP contribution in [-0.2, 0) is 24.5 Å². The van der Waals surface area contributed by atoms with Crippen LogP contribution in [0, 0.1) is 0 Å². The van der Waals surface area contributed by atoms with Crippen LogP contribution < -0.4 is 0 Å². The van der Waals surface area contributed by atoms with Crippen molar-refractivity contribution < 1.29 is 14.6 Å². The van der Waals surface area contributed by atoms with E-state index < -0.39 is 0 Å². The van der Waals surface area contributed by atoms with Crippen LogP contribution in [0.3, 0.4) is 0 Å². The first kappa shape index (κ1) is 17.5. The standard InChI is InChI=1S/C21H23N3O3/c25-14-20-22-18-10-4-5-11-19(18)24(20)13-17-9-6-12-23(17)21(26)27-15-16-7-2-1-3-8-16/h1-5,7-8,10-11,17,25H,6,9,12-15H2/t17-/m1/s1. The number of imidazole rings is 1. The molecule has 1 atom stereocenters. The van der Waals surface area contributed by atoms with Gasteiger partial charge in [-0.05, 0) is 30.5 Å². The molecule has 2 heterocycles. The monoisotopic (exact) mass is 365 g/mol. The SMILES string of the molecule is O=C(OCc1ccccc1)N1CCC[C@@H]1Cn1c(CO)nc2ccccc21. The Morgan fingerprint density at radius 3 is 2.74 bits per heavy atom. The number of likely N-dealkylation sites (tertiary alicyclic amines) is 1. The van der Waals surface area contributed by atoms with Crippen LogP contribution in [0.1, 0.15) is 24.2 Å². The number of amides is 1. The van der Waals surface area contributed by atoms with E-state index in [0.717, 1.165) is 29.4 Å². The molecule has 3 aromatic rings. The van der Waals surface area contributed by atoms with E-state index in [0.29, 0.717) is 18.9 Å². The fourth-order valence-electron chi connectivity index (χ4n) is 3.73. The molecular weight excluding hydrogens is 342 g/mol. The molecule has 1 amide bonds. The molecule has 6 heteroatoms. The summed E-state index contributed by atoms with van der Waals surface area (Å²) in [4.78, 5) is 18.9. The van der Waals surface area contributed by atoms with Crippen molar-refractivity contribution in [2.75, 3.05) is 6.54 Å². The Hall–Kier alpha value is -2.86. The van der Waals surface area contributed by atoms with Crippen LogP contribution in [0.2, 0.25) is 0 Å². The van der Waals surface area contributed by atoms with Gasteiger partial charge in [0, 0.05) is 13.1 Å². The van der Waals surface area contributed by atoms with E-state index >= 15 is 0 Å². The molecule has 1 aliphatic rings. The van der Waals surface area contributed by atoms with Crippen molar-refractivity contribution >= 4 is 17.1 Å². The molecule has 4 rings (SSSR count). The molecule has 0 bridgehead atoms. The van der Waals surface area contributed by atoms with Gasteiger partial charge in [0.05, 0.1) is 17.1 Å². The molecule has 1 aromatic heterocycles. The van der Waals surface area contributed by atoms with Crippen molar-refractivity contribution in [1.82, 2.24) is 14.5 Å². The highest BCUT2D eigenvalue weighted by atomic mass is 16.6.